The van der Waals surface area contributed by atoms with Crippen LogP contribution < -0.4 is 5.32 Å². The second-order valence-electron chi connectivity index (χ2n) is 3.04. The molecule has 0 aliphatic heterocycles. The molecule has 1 aliphatic carbocycles. The first-order chi connectivity index (χ1) is 5.36. The van der Waals surface area contributed by atoms with E-state index in [0.29, 0.717) is 6.04 Å². The molecule has 1 fully saturated rings. The Hall–Kier alpha value is -1.12. The minimum Gasteiger partial charge on any atom is -0.351 e. The number of anilines is 1. The molecule has 1 aromatic heterocycles. The summed E-state index contributed by atoms with van der Waals surface area (Å²) in [6.07, 6.45) is 4.75. The quantitative estimate of drug-likeness (QED) is 0.688. The van der Waals surface area contributed by atoms with E-state index >= 15 is 0 Å². The van der Waals surface area contributed by atoms with Crippen molar-refractivity contribution in [3.8, 4) is 0 Å². The molecule has 1 saturated carbocycles. The zero-order valence-corrected chi connectivity index (χ0v) is 6.49. The lowest BCUT2D eigenvalue weighted by Crippen LogP contribution is -2.06. The smallest absolute Gasteiger partial charge is 0.222 e. The molecule has 1 heterocycles. The third-order valence-electron chi connectivity index (χ3n) is 1.99. The Balaban J connectivity index is 1.97. The fourth-order valence-corrected chi connectivity index (χ4v) is 1.06. The number of nitrogens with zero attached hydrogens (tertiary/aromatic N) is 2. The summed E-state index contributed by atoms with van der Waals surface area (Å²) < 4.78 is 0. The molecule has 3 heteroatoms. The largest absolute Gasteiger partial charge is 0.351 e. The van der Waals surface area contributed by atoms with Gasteiger partial charge in [-0.2, -0.15) is 0 Å². The van der Waals surface area contributed by atoms with Gasteiger partial charge in [-0.3, -0.25) is 0 Å². The van der Waals surface area contributed by atoms with E-state index in [-0.39, 0.29) is 0 Å². The van der Waals surface area contributed by atoms with Crippen LogP contribution in [0.25, 0.3) is 0 Å². The summed E-state index contributed by atoms with van der Waals surface area (Å²) in [5, 5.41) is 3.24. The summed E-state index contributed by atoms with van der Waals surface area (Å²) in [4.78, 5) is 8.14. The van der Waals surface area contributed by atoms with Gasteiger partial charge in [-0.1, -0.05) is 6.92 Å². The molecule has 0 bridgehead atoms. The van der Waals surface area contributed by atoms with Crippen LogP contribution in [0.1, 0.15) is 13.3 Å². The van der Waals surface area contributed by atoms with Gasteiger partial charge in [0.25, 0.3) is 0 Å². The molecule has 0 spiro atoms. The first-order valence-corrected chi connectivity index (χ1v) is 3.90. The highest BCUT2D eigenvalue weighted by Crippen LogP contribution is 2.31. The molecule has 0 unspecified atom stereocenters. The van der Waals surface area contributed by atoms with Crippen LogP contribution in [0.4, 0.5) is 5.95 Å². The maximum atomic E-state index is 4.07. The van der Waals surface area contributed by atoms with Crippen LogP contribution in [0.2, 0.25) is 0 Å². The third-order valence-corrected chi connectivity index (χ3v) is 1.99. The first kappa shape index (κ1) is 6.58. The predicted octanol–water partition coefficient (Wildman–Crippen LogP) is 1.30. The molecule has 0 amide bonds. The van der Waals surface area contributed by atoms with Gasteiger partial charge in [0.1, 0.15) is 0 Å². The van der Waals surface area contributed by atoms with E-state index in [1.807, 2.05) is 6.07 Å². The van der Waals surface area contributed by atoms with Crippen molar-refractivity contribution in [1.82, 2.24) is 9.97 Å². The monoisotopic (exact) mass is 149 g/mol. The average molecular weight is 149 g/mol. The van der Waals surface area contributed by atoms with Gasteiger partial charge in [-0.15, -0.1) is 0 Å². The van der Waals surface area contributed by atoms with Gasteiger partial charge in [0.2, 0.25) is 5.95 Å². The van der Waals surface area contributed by atoms with Crippen LogP contribution in [-0.2, 0) is 0 Å². The van der Waals surface area contributed by atoms with Crippen molar-refractivity contribution in [2.75, 3.05) is 5.32 Å². The molecule has 11 heavy (non-hydrogen) atoms. The fourth-order valence-electron chi connectivity index (χ4n) is 1.06. The van der Waals surface area contributed by atoms with Crippen molar-refractivity contribution >= 4 is 5.95 Å². The maximum absolute atomic E-state index is 4.07. The summed E-state index contributed by atoms with van der Waals surface area (Å²) in [5.74, 6) is 1.54. The Morgan fingerprint density at radius 2 is 2.09 bits per heavy atom. The predicted molar refractivity (Wildman–Crippen MR) is 43.2 cm³/mol. The lowest BCUT2D eigenvalue weighted by Gasteiger charge is -1.99. The molecular formula is C8H11N3. The van der Waals surface area contributed by atoms with Crippen molar-refractivity contribution in [2.24, 2.45) is 5.92 Å². The van der Waals surface area contributed by atoms with Crippen LogP contribution >= 0.6 is 0 Å². The van der Waals surface area contributed by atoms with Gasteiger partial charge in [0, 0.05) is 18.4 Å². The molecule has 1 aromatic rings. The Bertz CT molecular complexity index is 234. The van der Waals surface area contributed by atoms with Gasteiger partial charge in [0.15, 0.2) is 0 Å². The topological polar surface area (TPSA) is 37.8 Å². The standard InChI is InChI=1S/C8H11N3/c1-6-5-7(6)11-8-9-3-2-4-10-8/h2-4,6-7H,5H2,1H3,(H,9,10,11)/t6-,7-/m1/s1. The summed E-state index contributed by atoms with van der Waals surface area (Å²) in [5.41, 5.74) is 0. The van der Waals surface area contributed by atoms with Gasteiger partial charge in [-0.05, 0) is 18.4 Å². The SMILES string of the molecule is C[C@@H]1C[C@H]1Nc1ncccn1. The van der Waals surface area contributed by atoms with Crippen molar-refractivity contribution in [2.45, 2.75) is 19.4 Å². The van der Waals surface area contributed by atoms with Crippen LogP contribution in [0.15, 0.2) is 18.5 Å². The second-order valence-corrected chi connectivity index (χ2v) is 3.04. The summed E-state index contributed by atoms with van der Waals surface area (Å²) in [6.45, 7) is 2.22. The highest BCUT2D eigenvalue weighted by Gasteiger charge is 2.32. The normalized spacial score (nSPS) is 28.1. The Labute approximate surface area is 65.9 Å². The second kappa shape index (κ2) is 2.49. The van der Waals surface area contributed by atoms with Crippen LogP contribution in [0.3, 0.4) is 0 Å². The number of nitrogens with one attached hydrogen (secondary N) is 1. The molecule has 58 valence electrons. The van der Waals surface area contributed by atoms with Gasteiger partial charge in [0.05, 0.1) is 0 Å². The van der Waals surface area contributed by atoms with Crippen LogP contribution in [0.5, 0.6) is 0 Å². The number of hydrogen-bond donors (Lipinski definition) is 1. The molecule has 3 nitrogen and oxygen atoms in total. The highest BCUT2D eigenvalue weighted by molar-refractivity contribution is 5.27. The summed E-state index contributed by atoms with van der Waals surface area (Å²) in [6, 6.07) is 2.43. The Morgan fingerprint density at radius 1 is 1.45 bits per heavy atom. The molecule has 0 aromatic carbocycles. The molecule has 2 rings (SSSR count). The molecular weight excluding hydrogens is 138 g/mol. The van der Waals surface area contributed by atoms with E-state index in [9.17, 15) is 0 Å². The van der Waals surface area contributed by atoms with Crippen molar-refractivity contribution in [3.05, 3.63) is 18.5 Å². The lowest BCUT2D eigenvalue weighted by atomic mass is 10.5. The number of rotatable bonds is 2. The van der Waals surface area contributed by atoms with Crippen LogP contribution in [0, 0.1) is 5.92 Å². The fraction of sp³-hybridized carbons (Fsp3) is 0.500. The number of hydrogen-bond acceptors (Lipinski definition) is 3. The zero-order chi connectivity index (χ0) is 7.68. The maximum Gasteiger partial charge on any atom is 0.222 e. The van der Waals surface area contributed by atoms with Gasteiger partial charge >= 0.3 is 0 Å². The zero-order valence-electron chi connectivity index (χ0n) is 6.49. The summed E-state index contributed by atoms with van der Waals surface area (Å²) >= 11 is 0. The average Bonchev–Trinajstić information content (AvgIpc) is 2.69. The third kappa shape index (κ3) is 1.48. The van der Waals surface area contributed by atoms with E-state index < -0.39 is 0 Å². The minimum absolute atomic E-state index is 0.609. The van der Waals surface area contributed by atoms with E-state index in [4.69, 9.17) is 0 Å². The minimum atomic E-state index is 0.609. The molecule has 1 aliphatic rings. The van der Waals surface area contributed by atoms with Gasteiger partial charge in [-0.25, -0.2) is 9.97 Å². The van der Waals surface area contributed by atoms with Crippen LogP contribution in [-0.4, -0.2) is 16.0 Å². The van der Waals surface area contributed by atoms with E-state index in [1.165, 1.54) is 6.42 Å². The van der Waals surface area contributed by atoms with Crippen molar-refractivity contribution in [3.63, 3.8) is 0 Å². The molecule has 0 radical (unpaired) electrons. The van der Waals surface area contributed by atoms with E-state index in [1.54, 1.807) is 12.4 Å². The lowest BCUT2D eigenvalue weighted by molar-refractivity contribution is 0.914. The summed E-state index contributed by atoms with van der Waals surface area (Å²) in [7, 11) is 0. The number of aromatic nitrogens is 2. The Morgan fingerprint density at radius 3 is 2.64 bits per heavy atom. The van der Waals surface area contributed by atoms with Crippen molar-refractivity contribution < 1.29 is 0 Å². The highest BCUT2D eigenvalue weighted by atomic mass is 15.1. The molecule has 2 atom stereocenters. The molecule has 0 saturated heterocycles. The molecule has 1 N–H and O–H groups in total. The Kier molecular flexibility index (Phi) is 1.49. The van der Waals surface area contributed by atoms with E-state index in [2.05, 4.69) is 22.2 Å². The van der Waals surface area contributed by atoms with E-state index in [0.717, 1.165) is 11.9 Å². The van der Waals surface area contributed by atoms with Gasteiger partial charge < -0.3 is 5.32 Å². The first-order valence-electron chi connectivity index (χ1n) is 3.90. The van der Waals surface area contributed by atoms with Crippen molar-refractivity contribution in [1.29, 1.82) is 0 Å².